The molecule has 0 atom stereocenters. The normalized spacial score (nSPS) is 17.0. The average molecular weight is 312 g/mol. The molecule has 0 aliphatic carbocycles. The van der Waals surface area contributed by atoms with Crippen molar-refractivity contribution in [1.29, 1.82) is 0 Å². The molecule has 1 N–H and O–H groups in total. The summed E-state index contributed by atoms with van der Waals surface area (Å²) in [6.07, 6.45) is 1.14. The van der Waals surface area contributed by atoms with Gasteiger partial charge in [0.05, 0.1) is 11.5 Å². The SMILES string of the molecule is CS(=O)(=O)c1ccc(C(=O)N2CCN(CCO)CC2)cc1. The van der Waals surface area contributed by atoms with Crippen LogP contribution >= 0.6 is 0 Å². The summed E-state index contributed by atoms with van der Waals surface area (Å²) in [5, 5.41) is 8.89. The van der Waals surface area contributed by atoms with E-state index in [1.54, 1.807) is 17.0 Å². The summed E-state index contributed by atoms with van der Waals surface area (Å²) in [6.45, 7) is 3.48. The lowest BCUT2D eigenvalue weighted by atomic mass is 10.2. The first-order valence-electron chi connectivity index (χ1n) is 6.84. The van der Waals surface area contributed by atoms with Crippen molar-refractivity contribution in [2.24, 2.45) is 0 Å². The molecule has 21 heavy (non-hydrogen) atoms. The Labute approximate surface area is 124 Å². The molecule has 1 aromatic rings. The Balaban J connectivity index is 2.01. The Hall–Kier alpha value is -1.44. The van der Waals surface area contributed by atoms with E-state index in [4.69, 9.17) is 5.11 Å². The number of aliphatic hydroxyl groups excluding tert-OH is 1. The Morgan fingerprint density at radius 2 is 1.71 bits per heavy atom. The third-order valence-corrected chi connectivity index (χ3v) is 4.73. The van der Waals surface area contributed by atoms with Crippen LogP contribution in [-0.4, -0.2) is 74.8 Å². The number of β-amino-alcohol motifs (C(OH)–C–C–N with tert-alkyl or cyclic N) is 1. The summed E-state index contributed by atoms with van der Waals surface area (Å²) < 4.78 is 22.8. The molecule has 1 aliphatic rings. The van der Waals surface area contributed by atoms with Gasteiger partial charge in [-0.2, -0.15) is 0 Å². The highest BCUT2D eigenvalue weighted by molar-refractivity contribution is 7.90. The fourth-order valence-electron chi connectivity index (χ4n) is 2.34. The molecule has 1 aromatic carbocycles. The van der Waals surface area contributed by atoms with Gasteiger partial charge >= 0.3 is 0 Å². The molecule has 7 heteroatoms. The van der Waals surface area contributed by atoms with Crippen molar-refractivity contribution in [2.45, 2.75) is 4.90 Å². The highest BCUT2D eigenvalue weighted by Crippen LogP contribution is 2.13. The van der Waals surface area contributed by atoms with Gasteiger partial charge in [-0.1, -0.05) is 0 Å². The maximum atomic E-state index is 12.3. The highest BCUT2D eigenvalue weighted by Gasteiger charge is 2.22. The van der Waals surface area contributed by atoms with Gasteiger partial charge in [-0.05, 0) is 24.3 Å². The van der Waals surface area contributed by atoms with Crippen LogP contribution in [0, 0.1) is 0 Å². The van der Waals surface area contributed by atoms with Crippen molar-refractivity contribution in [2.75, 3.05) is 45.6 Å². The van der Waals surface area contributed by atoms with E-state index in [2.05, 4.69) is 4.90 Å². The van der Waals surface area contributed by atoms with Crippen molar-refractivity contribution in [3.8, 4) is 0 Å². The smallest absolute Gasteiger partial charge is 0.253 e. The molecule has 6 nitrogen and oxygen atoms in total. The fraction of sp³-hybridized carbons (Fsp3) is 0.500. The predicted molar refractivity (Wildman–Crippen MR) is 79.0 cm³/mol. The van der Waals surface area contributed by atoms with E-state index >= 15 is 0 Å². The van der Waals surface area contributed by atoms with Gasteiger partial charge in [-0.15, -0.1) is 0 Å². The van der Waals surface area contributed by atoms with Crippen LogP contribution in [0.1, 0.15) is 10.4 Å². The summed E-state index contributed by atoms with van der Waals surface area (Å²) in [7, 11) is -3.24. The lowest BCUT2D eigenvalue weighted by Crippen LogP contribution is -2.49. The molecular weight excluding hydrogens is 292 g/mol. The molecular formula is C14H20N2O4S. The number of hydrogen-bond donors (Lipinski definition) is 1. The zero-order valence-corrected chi connectivity index (χ0v) is 12.8. The van der Waals surface area contributed by atoms with Crippen molar-refractivity contribution in [3.63, 3.8) is 0 Å². The standard InChI is InChI=1S/C14H20N2O4S/c1-21(19,20)13-4-2-12(3-5-13)14(18)16-8-6-15(7-9-16)10-11-17/h2-5,17H,6-11H2,1H3. The maximum Gasteiger partial charge on any atom is 0.253 e. The number of benzene rings is 1. The second kappa shape index (κ2) is 6.55. The topological polar surface area (TPSA) is 77.9 Å². The third kappa shape index (κ3) is 4.03. The molecule has 0 spiro atoms. The first-order chi connectivity index (χ1) is 9.91. The number of hydrogen-bond acceptors (Lipinski definition) is 5. The van der Waals surface area contributed by atoms with Gasteiger partial charge in [0.2, 0.25) is 0 Å². The van der Waals surface area contributed by atoms with Crippen LogP contribution in [0.15, 0.2) is 29.2 Å². The first-order valence-corrected chi connectivity index (χ1v) is 8.73. The Morgan fingerprint density at radius 1 is 1.14 bits per heavy atom. The average Bonchev–Trinajstić information content (AvgIpc) is 2.47. The summed E-state index contributed by atoms with van der Waals surface area (Å²) >= 11 is 0. The maximum absolute atomic E-state index is 12.3. The highest BCUT2D eigenvalue weighted by atomic mass is 32.2. The number of rotatable bonds is 4. The molecule has 2 rings (SSSR count). The van der Waals surface area contributed by atoms with Crippen LogP contribution in [-0.2, 0) is 9.84 Å². The van der Waals surface area contributed by atoms with E-state index < -0.39 is 9.84 Å². The quantitative estimate of drug-likeness (QED) is 0.836. The molecule has 0 radical (unpaired) electrons. The molecule has 116 valence electrons. The number of sulfone groups is 1. The second-order valence-corrected chi connectivity index (χ2v) is 7.17. The predicted octanol–water partition coefficient (Wildman–Crippen LogP) is -0.160. The van der Waals surface area contributed by atoms with Crippen molar-refractivity contribution >= 4 is 15.7 Å². The van der Waals surface area contributed by atoms with Gasteiger partial charge in [0.15, 0.2) is 9.84 Å². The lowest BCUT2D eigenvalue weighted by molar-refractivity contribution is 0.0615. The Bertz CT molecular complexity index is 590. The van der Waals surface area contributed by atoms with Gasteiger partial charge in [0.1, 0.15) is 0 Å². The molecule has 0 bridgehead atoms. The summed E-state index contributed by atoms with van der Waals surface area (Å²) in [6, 6.07) is 6.03. The van der Waals surface area contributed by atoms with Gasteiger partial charge in [0.25, 0.3) is 5.91 Å². The number of amides is 1. The van der Waals surface area contributed by atoms with Gasteiger partial charge < -0.3 is 10.0 Å². The van der Waals surface area contributed by atoms with E-state index in [-0.39, 0.29) is 17.4 Å². The van der Waals surface area contributed by atoms with Crippen LogP contribution in [0.2, 0.25) is 0 Å². The van der Waals surface area contributed by atoms with E-state index in [1.807, 2.05) is 0 Å². The Morgan fingerprint density at radius 3 is 2.19 bits per heavy atom. The van der Waals surface area contributed by atoms with Crippen LogP contribution < -0.4 is 0 Å². The third-order valence-electron chi connectivity index (χ3n) is 3.61. The largest absolute Gasteiger partial charge is 0.395 e. The number of carbonyl (C=O) groups excluding carboxylic acids is 1. The van der Waals surface area contributed by atoms with Gasteiger partial charge in [-0.3, -0.25) is 9.69 Å². The summed E-state index contributed by atoms with van der Waals surface area (Å²) in [5.74, 6) is -0.0845. The molecule has 1 fully saturated rings. The van der Waals surface area contributed by atoms with E-state index in [0.29, 0.717) is 25.2 Å². The summed E-state index contributed by atoms with van der Waals surface area (Å²) in [5.41, 5.74) is 0.498. The number of carbonyl (C=O) groups is 1. The van der Waals surface area contributed by atoms with Crippen LogP contribution in [0.25, 0.3) is 0 Å². The number of piperazine rings is 1. The number of aliphatic hydroxyl groups is 1. The minimum atomic E-state index is -3.24. The molecule has 1 heterocycles. The van der Waals surface area contributed by atoms with Crippen LogP contribution in [0.5, 0.6) is 0 Å². The van der Waals surface area contributed by atoms with Crippen molar-refractivity contribution in [1.82, 2.24) is 9.80 Å². The molecule has 1 aliphatic heterocycles. The monoisotopic (exact) mass is 312 g/mol. The molecule has 0 aromatic heterocycles. The minimum Gasteiger partial charge on any atom is -0.395 e. The second-order valence-electron chi connectivity index (χ2n) is 5.15. The Kier molecular flexibility index (Phi) is 4.97. The summed E-state index contributed by atoms with van der Waals surface area (Å²) in [4.78, 5) is 16.4. The van der Waals surface area contributed by atoms with E-state index in [9.17, 15) is 13.2 Å². The van der Waals surface area contributed by atoms with Crippen molar-refractivity contribution < 1.29 is 18.3 Å². The van der Waals surface area contributed by atoms with E-state index in [0.717, 1.165) is 19.3 Å². The zero-order valence-electron chi connectivity index (χ0n) is 12.0. The first kappa shape index (κ1) is 15.9. The molecule has 0 unspecified atom stereocenters. The van der Waals surface area contributed by atoms with Crippen LogP contribution in [0.4, 0.5) is 0 Å². The van der Waals surface area contributed by atoms with Gasteiger partial charge in [0, 0.05) is 44.5 Å². The molecule has 0 saturated carbocycles. The lowest BCUT2D eigenvalue weighted by Gasteiger charge is -2.34. The molecule has 1 saturated heterocycles. The number of nitrogens with zero attached hydrogens (tertiary/aromatic N) is 2. The fourth-order valence-corrected chi connectivity index (χ4v) is 2.97. The molecule has 1 amide bonds. The van der Waals surface area contributed by atoms with E-state index in [1.165, 1.54) is 12.1 Å². The van der Waals surface area contributed by atoms with Gasteiger partial charge in [-0.25, -0.2) is 8.42 Å². The zero-order chi connectivity index (χ0) is 15.5. The minimum absolute atomic E-state index is 0.0845. The van der Waals surface area contributed by atoms with Crippen molar-refractivity contribution in [3.05, 3.63) is 29.8 Å². The van der Waals surface area contributed by atoms with Crippen LogP contribution in [0.3, 0.4) is 0 Å².